The van der Waals surface area contributed by atoms with Gasteiger partial charge in [-0.05, 0) is 31.5 Å². The third-order valence-electron chi connectivity index (χ3n) is 3.02. The van der Waals surface area contributed by atoms with Gasteiger partial charge in [0.25, 0.3) is 0 Å². The summed E-state index contributed by atoms with van der Waals surface area (Å²) in [5.41, 5.74) is 1.01. The first kappa shape index (κ1) is 11.9. The normalized spacial score (nSPS) is 19.9. The molecule has 1 aliphatic rings. The SMILES string of the molecule is COc1nc(C2CCCNC2)ccc1C(=O)O. The Kier molecular flexibility index (Phi) is 3.58. The van der Waals surface area contributed by atoms with E-state index in [9.17, 15) is 4.79 Å². The van der Waals surface area contributed by atoms with Gasteiger partial charge >= 0.3 is 5.97 Å². The highest BCUT2D eigenvalue weighted by Crippen LogP contribution is 2.25. The number of carboxylic acids is 1. The largest absolute Gasteiger partial charge is 0.480 e. The van der Waals surface area contributed by atoms with Gasteiger partial charge in [0.2, 0.25) is 5.88 Å². The van der Waals surface area contributed by atoms with Gasteiger partial charge in [-0.3, -0.25) is 0 Å². The first-order valence-corrected chi connectivity index (χ1v) is 5.71. The molecule has 0 aromatic carbocycles. The highest BCUT2D eigenvalue weighted by atomic mass is 16.5. The number of methoxy groups -OCH3 is 1. The van der Waals surface area contributed by atoms with Crippen LogP contribution in [-0.4, -0.2) is 36.3 Å². The molecule has 1 unspecified atom stereocenters. The zero-order valence-electron chi connectivity index (χ0n) is 9.77. The van der Waals surface area contributed by atoms with Crippen LogP contribution in [0.2, 0.25) is 0 Å². The lowest BCUT2D eigenvalue weighted by atomic mass is 9.95. The highest BCUT2D eigenvalue weighted by molar-refractivity contribution is 5.90. The molecule has 2 N–H and O–H groups in total. The fourth-order valence-corrected chi connectivity index (χ4v) is 2.10. The van der Waals surface area contributed by atoms with Gasteiger partial charge in [-0.1, -0.05) is 0 Å². The van der Waals surface area contributed by atoms with Crippen LogP contribution in [0.1, 0.15) is 34.8 Å². The second kappa shape index (κ2) is 5.14. The first-order valence-electron chi connectivity index (χ1n) is 5.71. The number of hydrogen-bond donors (Lipinski definition) is 2. The Balaban J connectivity index is 2.27. The van der Waals surface area contributed by atoms with Crippen LogP contribution >= 0.6 is 0 Å². The maximum atomic E-state index is 10.9. The van der Waals surface area contributed by atoms with Crippen molar-refractivity contribution in [3.05, 3.63) is 23.4 Å². The number of ether oxygens (including phenoxy) is 1. The summed E-state index contributed by atoms with van der Waals surface area (Å²) in [5, 5.41) is 12.3. The van der Waals surface area contributed by atoms with Crippen molar-refractivity contribution >= 4 is 5.97 Å². The van der Waals surface area contributed by atoms with Gasteiger partial charge in [-0.2, -0.15) is 0 Å². The van der Waals surface area contributed by atoms with Gasteiger partial charge in [-0.15, -0.1) is 0 Å². The lowest BCUT2D eigenvalue weighted by Gasteiger charge is -2.22. The number of carboxylic acid groups (broad SMARTS) is 1. The van der Waals surface area contributed by atoms with E-state index in [0.29, 0.717) is 5.92 Å². The molecular formula is C12H16N2O3. The molecule has 0 saturated carbocycles. The second-order valence-electron chi connectivity index (χ2n) is 4.14. The van der Waals surface area contributed by atoms with Crippen LogP contribution in [0.5, 0.6) is 5.88 Å². The van der Waals surface area contributed by atoms with E-state index in [2.05, 4.69) is 10.3 Å². The molecule has 1 saturated heterocycles. The summed E-state index contributed by atoms with van der Waals surface area (Å²) in [6, 6.07) is 3.35. The average Bonchev–Trinajstić information content (AvgIpc) is 2.39. The van der Waals surface area contributed by atoms with Crippen molar-refractivity contribution in [3.8, 4) is 5.88 Å². The maximum absolute atomic E-state index is 10.9. The summed E-state index contributed by atoms with van der Waals surface area (Å²) in [6.07, 6.45) is 2.20. The molecule has 92 valence electrons. The Morgan fingerprint density at radius 1 is 1.59 bits per heavy atom. The van der Waals surface area contributed by atoms with Crippen LogP contribution in [0.3, 0.4) is 0 Å². The minimum atomic E-state index is -1.01. The number of nitrogens with zero attached hydrogens (tertiary/aromatic N) is 1. The zero-order chi connectivity index (χ0) is 12.3. The minimum Gasteiger partial charge on any atom is -0.480 e. The van der Waals surface area contributed by atoms with Crippen molar-refractivity contribution in [2.24, 2.45) is 0 Å². The average molecular weight is 236 g/mol. The summed E-state index contributed by atoms with van der Waals surface area (Å²) in [4.78, 5) is 15.2. The van der Waals surface area contributed by atoms with E-state index in [1.54, 1.807) is 12.1 Å². The highest BCUT2D eigenvalue weighted by Gasteiger charge is 2.19. The van der Waals surface area contributed by atoms with Crippen molar-refractivity contribution in [1.29, 1.82) is 0 Å². The number of piperidine rings is 1. The number of aromatic nitrogens is 1. The molecule has 0 spiro atoms. The molecule has 17 heavy (non-hydrogen) atoms. The van der Waals surface area contributed by atoms with Gasteiger partial charge in [-0.25, -0.2) is 9.78 Å². The Morgan fingerprint density at radius 3 is 3.00 bits per heavy atom. The van der Waals surface area contributed by atoms with Crippen molar-refractivity contribution in [1.82, 2.24) is 10.3 Å². The Bertz CT molecular complexity index is 414. The third-order valence-corrected chi connectivity index (χ3v) is 3.02. The first-order chi connectivity index (χ1) is 8.22. The Morgan fingerprint density at radius 2 is 2.41 bits per heavy atom. The van der Waals surface area contributed by atoms with Gasteiger partial charge in [0.15, 0.2) is 0 Å². The molecule has 0 amide bonds. The van der Waals surface area contributed by atoms with Crippen LogP contribution in [0.15, 0.2) is 12.1 Å². The van der Waals surface area contributed by atoms with E-state index in [4.69, 9.17) is 9.84 Å². The Hall–Kier alpha value is -1.62. The summed E-state index contributed by atoms with van der Waals surface area (Å²) in [5.74, 6) is -0.469. The lowest BCUT2D eigenvalue weighted by Crippen LogP contribution is -2.29. The van der Waals surface area contributed by atoms with Gasteiger partial charge in [0.05, 0.1) is 7.11 Å². The summed E-state index contributed by atoms with van der Waals surface area (Å²) < 4.78 is 5.03. The maximum Gasteiger partial charge on any atom is 0.341 e. The molecule has 0 bridgehead atoms. The number of hydrogen-bond acceptors (Lipinski definition) is 4. The van der Waals surface area contributed by atoms with Gasteiger partial charge < -0.3 is 15.2 Å². The van der Waals surface area contributed by atoms with Crippen molar-refractivity contribution < 1.29 is 14.6 Å². The van der Waals surface area contributed by atoms with Gasteiger partial charge in [0, 0.05) is 18.2 Å². The number of pyridine rings is 1. The fourth-order valence-electron chi connectivity index (χ4n) is 2.10. The van der Waals surface area contributed by atoms with Crippen LogP contribution in [-0.2, 0) is 0 Å². The van der Waals surface area contributed by atoms with E-state index in [1.807, 2.05) is 0 Å². The van der Waals surface area contributed by atoms with E-state index < -0.39 is 5.97 Å². The molecule has 2 rings (SSSR count). The predicted octanol–water partition coefficient (Wildman–Crippen LogP) is 1.26. The number of rotatable bonds is 3. The summed E-state index contributed by atoms with van der Waals surface area (Å²) in [6.45, 7) is 1.93. The van der Waals surface area contributed by atoms with Crippen molar-refractivity contribution in [3.63, 3.8) is 0 Å². The molecule has 1 fully saturated rings. The van der Waals surface area contributed by atoms with Crippen LogP contribution in [0.25, 0.3) is 0 Å². The molecule has 1 atom stereocenters. The Labute approximate surface area is 99.8 Å². The molecule has 1 aliphatic heterocycles. The quantitative estimate of drug-likeness (QED) is 0.826. The number of carbonyl (C=O) groups is 1. The molecule has 0 radical (unpaired) electrons. The van der Waals surface area contributed by atoms with E-state index >= 15 is 0 Å². The lowest BCUT2D eigenvalue weighted by molar-refractivity contribution is 0.0692. The second-order valence-corrected chi connectivity index (χ2v) is 4.14. The molecule has 1 aromatic rings. The van der Waals surface area contributed by atoms with E-state index in [0.717, 1.165) is 31.6 Å². The fraction of sp³-hybridized carbons (Fsp3) is 0.500. The molecule has 5 heteroatoms. The van der Waals surface area contributed by atoms with Crippen LogP contribution in [0.4, 0.5) is 0 Å². The number of aromatic carboxylic acids is 1. The monoisotopic (exact) mass is 236 g/mol. The number of nitrogens with one attached hydrogen (secondary N) is 1. The zero-order valence-corrected chi connectivity index (χ0v) is 9.77. The van der Waals surface area contributed by atoms with Crippen LogP contribution < -0.4 is 10.1 Å². The minimum absolute atomic E-state index is 0.111. The van der Waals surface area contributed by atoms with Crippen molar-refractivity contribution in [2.75, 3.05) is 20.2 Å². The third kappa shape index (κ3) is 2.55. The van der Waals surface area contributed by atoms with Gasteiger partial charge in [0.1, 0.15) is 5.56 Å². The molecule has 0 aliphatic carbocycles. The van der Waals surface area contributed by atoms with E-state index in [-0.39, 0.29) is 11.4 Å². The molecule has 1 aromatic heterocycles. The molecule has 5 nitrogen and oxygen atoms in total. The van der Waals surface area contributed by atoms with Crippen molar-refractivity contribution in [2.45, 2.75) is 18.8 Å². The standard InChI is InChI=1S/C12H16N2O3/c1-17-11-9(12(15)16)4-5-10(14-11)8-3-2-6-13-7-8/h4-5,8,13H,2-3,6-7H2,1H3,(H,15,16). The summed E-state index contributed by atoms with van der Waals surface area (Å²) in [7, 11) is 1.44. The smallest absolute Gasteiger partial charge is 0.341 e. The van der Waals surface area contributed by atoms with E-state index in [1.165, 1.54) is 7.11 Å². The topological polar surface area (TPSA) is 71.5 Å². The molecular weight excluding hydrogens is 220 g/mol. The molecule has 2 heterocycles. The summed E-state index contributed by atoms with van der Waals surface area (Å²) >= 11 is 0. The predicted molar refractivity (Wildman–Crippen MR) is 62.6 cm³/mol. The van der Waals surface area contributed by atoms with Crippen LogP contribution in [0, 0.1) is 0 Å².